The molecule has 1 aromatic heterocycles. The summed E-state index contributed by atoms with van der Waals surface area (Å²) in [4.78, 5) is 33.1. The van der Waals surface area contributed by atoms with E-state index in [-0.39, 0.29) is 17.4 Å². The predicted octanol–water partition coefficient (Wildman–Crippen LogP) is 5.56. The topological polar surface area (TPSA) is 89.0 Å². The number of aliphatic hydroxyl groups is 1. The maximum atomic E-state index is 13.5. The van der Waals surface area contributed by atoms with Gasteiger partial charge in [-0.2, -0.15) is 0 Å². The fraction of sp³-hybridized carbons (Fsp3) is 0.207. The summed E-state index contributed by atoms with van der Waals surface area (Å²) in [6.45, 7) is 3.97. The number of fused-ring (bicyclic) bond motifs is 2. The van der Waals surface area contributed by atoms with Crippen molar-refractivity contribution in [2.24, 2.45) is 0 Å². The molecule has 2 atom stereocenters. The molecule has 2 unspecified atom stereocenters. The van der Waals surface area contributed by atoms with Crippen LogP contribution < -0.4 is 14.4 Å². The van der Waals surface area contributed by atoms with E-state index in [1.165, 1.54) is 16.2 Å². The third-order valence-corrected chi connectivity index (χ3v) is 7.78. The van der Waals surface area contributed by atoms with E-state index < -0.39 is 17.7 Å². The molecule has 4 aromatic rings. The number of Topliss-reactive ketones (excluding diaryl/α,β-unsaturated/α-hetero) is 1. The Morgan fingerprint density at radius 3 is 2.78 bits per heavy atom. The van der Waals surface area contributed by atoms with Gasteiger partial charge in [-0.15, -0.1) is 0 Å². The number of benzene rings is 3. The number of carbonyl (C=O) groups is 2. The average Bonchev–Trinajstić information content (AvgIpc) is 3.55. The summed E-state index contributed by atoms with van der Waals surface area (Å²) < 4.78 is 12.1. The lowest BCUT2D eigenvalue weighted by molar-refractivity contribution is -0.132. The van der Waals surface area contributed by atoms with E-state index in [0.29, 0.717) is 28.4 Å². The maximum absolute atomic E-state index is 13.5. The predicted molar refractivity (Wildman–Crippen MR) is 142 cm³/mol. The number of thiazole rings is 1. The van der Waals surface area contributed by atoms with Crippen LogP contribution in [-0.4, -0.2) is 35.0 Å². The Bertz CT molecular complexity index is 1620. The van der Waals surface area contributed by atoms with Crippen LogP contribution >= 0.6 is 11.3 Å². The number of ether oxygens (including phenoxy) is 2. The molecule has 1 amide bonds. The Kier molecular flexibility index (Phi) is 5.49. The van der Waals surface area contributed by atoms with Gasteiger partial charge in [0.05, 0.1) is 28.9 Å². The number of carbonyl (C=O) groups excluding carboxylic acids is 2. The molecule has 1 saturated heterocycles. The minimum absolute atomic E-state index is 0.0144. The van der Waals surface area contributed by atoms with Gasteiger partial charge in [0, 0.05) is 12.0 Å². The monoisotopic (exact) mass is 512 g/mol. The standard InChI is InChI=1S/C29H24N2O5S/c1-15-7-9-21-23(11-15)37-29(30-21)31-25(17-5-4-6-20(14-17)35-3)24(27(33)28(31)34)26(32)18-8-10-22-19(13-18)12-16(2)36-22/h4-11,13-14,16,25,32H,12H2,1-3H3/b26-24+. The Balaban J connectivity index is 1.54. The molecule has 8 heteroatoms. The van der Waals surface area contributed by atoms with Crippen LogP contribution in [0, 0.1) is 6.92 Å². The lowest BCUT2D eigenvalue weighted by Gasteiger charge is -2.23. The largest absolute Gasteiger partial charge is 0.507 e. The number of hydrogen-bond donors (Lipinski definition) is 1. The smallest absolute Gasteiger partial charge is 0.301 e. The van der Waals surface area contributed by atoms with Crippen LogP contribution in [0.2, 0.25) is 0 Å². The second-order valence-corrected chi connectivity index (χ2v) is 10.4. The summed E-state index contributed by atoms with van der Waals surface area (Å²) >= 11 is 1.34. The molecule has 0 aliphatic carbocycles. The fourth-order valence-corrected chi connectivity index (χ4v) is 6.09. The van der Waals surface area contributed by atoms with Crippen LogP contribution in [0.1, 0.15) is 35.2 Å². The molecule has 37 heavy (non-hydrogen) atoms. The zero-order valence-corrected chi connectivity index (χ0v) is 21.3. The third-order valence-electron chi connectivity index (χ3n) is 6.76. The number of ketones is 1. The van der Waals surface area contributed by atoms with E-state index in [9.17, 15) is 14.7 Å². The van der Waals surface area contributed by atoms with Crippen molar-refractivity contribution >= 4 is 44.1 Å². The lowest BCUT2D eigenvalue weighted by atomic mass is 9.94. The highest BCUT2D eigenvalue weighted by atomic mass is 32.1. The maximum Gasteiger partial charge on any atom is 0.301 e. The van der Waals surface area contributed by atoms with E-state index >= 15 is 0 Å². The highest BCUT2D eigenvalue weighted by Gasteiger charge is 2.48. The first-order valence-electron chi connectivity index (χ1n) is 12.0. The number of nitrogens with zero attached hydrogens (tertiary/aromatic N) is 2. The van der Waals surface area contributed by atoms with Gasteiger partial charge < -0.3 is 14.6 Å². The van der Waals surface area contributed by atoms with Gasteiger partial charge in [-0.05, 0) is 73.0 Å². The van der Waals surface area contributed by atoms with Gasteiger partial charge in [0.1, 0.15) is 23.4 Å². The molecular weight excluding hydrogens is 488 g/mol. The number of hydrogen-bond acceptors (Lipinski definition) is 7. The van der Waals surface area contributed by atoms with E-state index in [4.69, 9.17) is 9.47 Å². The van der Waals surface area contributed by atoms with Crippen LogP contribution in [0.25, 0.3) is 16.0 Å². The highest BCUT2D eigenvalue weighted by molar-refractivity contribution is 7.22. The van der Waals surface area contributed by atoms with E-state index in [0.717, 1.165) is 27.1 Å². The van der Waals surface area contributed by atoms with Crippen LogP contribution in [0.4, 0.5) is 5.13 Å². The van der Waals surface area contributed by atoms with Gasteiger partial charge in [-0.3, -0.25) is 14.5 Å². The first-order chi connectivity index (χ1) is 17.8. The van der Waals surface area contributed by atoms with Crippen molar-refractivity contribution in [1.29, 1.82) is 0 Å². The van der Waals surface area contributed by atoms with Crippen molar-refractivity contribution in [1.82, 2.24) is 4.98 Å². The Hall–Kier alpha value is -4.17. The highest BCUT2D eigenvalue weighted by Crippen LogP contribution is 2.45. The quantitative estimate of drug-likeness (QED) is 0.219. The van der Waals surface area contributed by atoms with Crippen molar-refractivity contribution in [3.05, 3.63) is 88.5 Å². The number of amides is 1. The number of methoxy groups -OCH3 is 1. The first kappa shape index (κ1) is 23.2. The summed E-state index contributed by atoms with van der Waals surface area (Å²) in [7, 11) is 1.56. The van der Waals surface area contributed by atoms with Gasteiger partial charge in [0.15, 0.2) is 5.13 Å². The number of aromatic nitrogens is 1. The molecule has 7 nitrogen and oxygen atoms in total. The molecule has 3 heterocycles. The molecule has 0 radical (unpaired) electrons. The van der Waals surface area contributed by atoms with E-state index in [1.54, 1.807) is 37.4 Å². The summed E-state index contributed by atoms with van der Waals surface area (Å²) in [6.07, 6.45) is 0.743. The number of aryl methyl sites for hydroxylation is 1. The zero-order valence-electron chi connectivity index (χ0n) is 20.5. The lowest BCUT2D eigenvalue weighted by Crippen LogP contribution is -2.29. The minimum Gasteiger partial charge on any atom is -0.507 e. The normalized spacial score (nSPS) is 20.4. The van der Waals surface area contributed by atoms with Crippen LogP contribution in [0.5, 0.6) is 11.5 Å². The Labute approximate surface area is 217 Å². The SMILES string of the molecule is COc1cccc(C2/C(=C(\O)c3ccc4c(c3)CC(C)O4)C(=O)C(=O)N2c2nc3ccc(C)cc3s2)c1. The molecule has 186 valence electrons. The van der Waals surface area contributed by atoms with Crippen molar-refractivity contribution in [3.63, 3.8) is 0 Å². The average molecular weight is 513 g/mol. The van der Waals surface area contributed by atoms with Gasteiger partial charge >= 0.3 is 5.91 Å². The van der Waals surface area contributed by atoms with Gasteiger partial charge in [0.25, 0.3) is 5.78 Å². The minimum atomic E-state index is -0.875. The van der Waals surface area contributed by atoms with Crippen LogP contribution in [-0.2, 0) is 16.0 Å². The number of anilines is 1. The number of rotatable bonds is 4. The molecule has 0 spiro atoms. The van der Waals surface area contributed by atoms with Crippen LogP contribution in [0.15, 0.2) is 66.2 Å². The van der Waals surface area contributed by atoms with Crippen molar-refractivity contribution in [2.45, 2.75) is 32.4 Å². The summed E-state index contributed by atoms with van der Waals surface area (Å²) in [5.74, 6) is -0.382. The van der Waals surface area contributed by atoms with Crippen molar-refractivity contribution in [3.8, 4) is 11.5 Å². The van der Waals surface area contributed by atoms with Crippen LogP contribution in [0.3, 0.4) is 0 Å². The van der Waals surface area contributed by atoms with Crippen molar-refractivity contribution < 1.29 is 24.2 Å². The summed E-state index contributed by atoms with van der Waals surface area (Å²) in [5.41, 5.74) is 3.87. The molecule has 1 fully saturated rings. The summed E-state index contributed by atoms with van der Waals surface area (Å²) in [5, 5.41) is 11.9. The molecule has 3 aromatic carbocycles. The fourth-order valence-electron chi connectivity index (χ4n) is 5.00. The molecule has 0 saturated carbocycles. The van der Waals surface area contributed by atoms with Crippen molar-refractivity contribution in [2.75, 3.05) is 12.0 Å². The molecule has 2 aliphatic rings. The van der Waals surface area contributed by atoms with Gasteiger partial charge in [0.2, 0.25) is 0 Å². The second kappa shape index (κ2) is 8.74. The second-order valence-electron chi connectivity index (χ2n) is 9.37. The zero-order chi connectivity index (χ0) is 25.8. The third kappa shape index (κ3) is 3.84. The molecule has 2 aliphatic heterocycles. The summed E-state index contributed by atoms with van der Waals surface area (Å²) in [6, 6.07) is 17.5. The first-order valence-corrected chi connectivity index (χ1v) is 12.8. The number of aliphatic hydroxyl groups excluding tert-OH is 1. The van der Waals surface area contributed by atoms with E-state index in [1.807, 2.05) is 44.2 Å². The van der Waals surface area contributed by atoms with Gasteiger partial charge in [-0.25, -0.2) is 4.98 Å². The molecule has 0 bridgehead atoms. The molecular formula is C29H24N2O5S. The van der Waals surface area contributed by atoms with Gasteiger partial charge in [-0.1, -0.05) is 29.5 Å². The Morgan fingerprint density at radius 1 is 1.14 bits per heavy atom. The molecule has 6 rings (SSSR count). The van der Waals surface area contributed by atoms with E-state index in [2.05, 4.69) is 4.98 Å². The molecule has 1 N–H and O–H groups in total. The Morgan fingerprint density at radius 2 is 1.97 bits per heavy atom.